The zero-order chi connectivity index (χ0) is 22.0. The Bertz CT molecular complexity index is 1120. The van der Waals surface area contributed by atoms with Gasteiger partial charge in [0, 0.05) is 23.8 Å². The van der Waals surface area contributed by atoms with Gasteiger partial charge in [-0.3, -0.25) is 19.8 Å². The molecule has 1 fully saturated rings. The average molecular weight is 442 g/mol. The van der Waals surface area contributed by atoms with Crippen LogP contribution in [0, 0.1) is 17.0 Å². The van der Waals surface area contributed by atoms with Crippen molar-refractivity contribution in [3.63, 3.8) is 0 Å². The minimum Gasteiger partial charge on any atom is -0.494 e. The van der Waals surface area contributed by atoms with Gasteiger partial charge in [-0.2, -0.15) is 0 Å². The Balaban J connectivity index is 1.74. The third-order valence-electron chi connectivity index (χ3n) is 5.28. The van der Waals surface area contributed by atoms with E-state index in [4.69, 9.17) is 9.47 Å². The first-order valence-electron chi connectivity index (χ1n) is 10.2. The largest absolute Gasteiger partial charge is 0.494 e. The second-order valence-electron chi connectivity index (χ2n) is 7.32. The normalized spacial score (nSPS) is 15.9. The van der Waals surface area contributed by atoms with Gasteiger partial charge in [-0.15, -0.1) is 0 Å². The van der Waals surface area contributed by atoms with Crippen LogP contribution in [0.25, 0.3) is 10.2 Å². The molecule has 1 amide bonds. The van der Waals surface area contributed by atoms with Crippen molar-refractivity contribution in [2.45, 2.75) is 32.8 Å². The lowest BCUT2D eigenvalue weighted by Gasteiger charge is -2.23. The number of thiazole rings is 1. The van der Waals surface area contributed by atoms with Crippen molar-refractivity contribution in [1.29, 1.82) is 0 Å². The predicted molar refractivity (Wildman–Crippen MR) is 119 cm³/mol. The van der Waals surface area contributed by atoms with Crippen LogP contribution in [0.3, 0.4) is 0 Å². The maximum Gasteiger partial charge on any atom is 0.273 e. The fraction of sp³-hybridized carbons (Fsp3) is 0.364. The zero-order valence-corrected chi connectivity index (χ0v) is 18.2. The molecule has 0 bridgehead atoms. The molecule has 3 aromatic rings. The van der Waals surface area contributed by atoms with Crippen LogP contribution in [0.5, 0.6) is 5.75 Å². The quantitative estimate of drug-likeness (QED) is 0.388. The van der Waals surface area contributed by atoms with Gasteiger partial charge < -0.3 is 9.47 Å². The van der Waals surface area contributed by atoms with Gasteiger partial charge in [0.25, 0.3) is 11.6 Å². The molecule has 1 saturated heterocycles. The van der Waals surface area contributed by atoms with E-state index in [1.54, 1.807) is 17.9 Å². The number of hydrogen-bond acceptors (Lipinski definition) is 7. The number of amides is 1. The van der Waals surface area contributed by atoms with Gasteiger partial charge >= 0.3 is 0 Å². The molecule has 0 spiro atoms. The highest BCUT2D eigenvalue weighted by Crippen LogP contribution is 2.34. The summed E-state index contributed by atoms with van der Waals surface area (Å²) in [6.07, 6.45) is 1.71. The van der Waals surface area contributed by atoms with Gasteiger partial charge in [0.1, 0.15) is 5.75 Å². The van der Waals surface area contributed by atoms with Crippen molar-refractivity contribution in [1.82, 2.24) is 4.98 Å². The van der Waals surface area contributed by atoms with Crippen molar-refractivity contribution in [3.05, 3.63) is 57.6 Å². The molecule has 1 aliphatic heterocycles. The Morgan fingerprint density at radius 2 is 2.23 bits per heavy atom. The number of rotatable bonds is 7. The monoisotopic (exact) mass is 441 g/mol. The molecule has 1 aliphatic rings. The van der Waals surface area contributed by atoms with Crippen LogP contribution in [0.1, 0.15) is 35.7 Å². The second-order valence-corrected chi connectivity index (χ2v) is 8.33. The number of anilines is 1. The highest BCUT2D eigenvalue weighted by Gasteiger charge is 2.29. The molecule has 0 aliphatic carbocycles. The molecule has 1 atom stereocenters. The summed E-state index contributed by atoms with van der Waals surface area (Å²) >= 11 is 1.39. The lowest BCUT2D eigenvalue weighted by Crippen LogP contribution is -2.37. The fourth-order valence-corrected chi connectivity index (χ4v) is 4.70. The molecule has 9 heteroatoms. The van der Waals surface area contributed by atoms with Crippen LogP contribution in [0.4, 0.5) is 10.8 Å². The van der Waals surface area contributed by atoms with E-state index < -0.39 is 4.92 Å². The third-order valence-corrected chi connectivity index (χ3v) is 6.32. The topological polar surface area (TPSA) is 94.8 Å². The van der Waals surface area contributed by atoms with Gasteiger partial charge in [0.15, 0.2) is 5.13 Å². The summed E-state index contributed by atoms with van der Waals surface area (Å²) in [6, 6.07) is 10.2. The van der Waals surface area contributed by atoms with E-state index in [9.17, 15) is 14.9 Å². The summed E-state index contributed by atoms with van der Waals surface area (Å²) in [5.74, 6) is 0.428. The first-order valence-corrected chi connectivity index (χ1v) is 11.0. The number of nitrogens with zero attached hydrogens (tertiary/aromatic N) is 3. The lowest BCUT2D eigenvalue weighted by atomic mass is 10.1. The smallest absolute Gasteiger partial charge is 0.273 e. The number of ether oxygens (including phenoxy) is 2. The number of nitro benzene ring substituents is 1. The summed E-state index contributed by atoms with van der Waals surface area (Å²) < 4.78 is 12.2. The first-order chi connectivity index (χ1) is 15.0. The Hall–Kier alpha value is -3.04. The number of fused-ring (bicyclic) bond motifs is 1. The van der Waals surface area contributed by atoms with Crippen LogP contribution >= 0.6 is 11.3 Å². The molecule has 1 unspecified atom stereocenters. The van der Waals surface area contributed by atoms with Gasteiger partial charge in [-0.1, -0.05) is 17.4 Å². The molecule has 1 aromatic heterocycles. The van der Waals surface area contributed by atoms with Crippen LogP contribution in [-0.4, -0.2) is 41.7 Å². The lowest BCUT2D eigenvalue weighted by molar-refractivity contribution is -0.385. The molecule has 4 rings (SSSR count). The van der Waals surface area contributed by atoms with Crippen LogP contribution in [0.2, 0.25) is 0 Å². The molecule has 0 N–H and O–H groups in total. The molecule has 0 radical (unpaired) electrons. The second kappa shape index (κ2) is 8.99. The van der Waals surface area contributed by atoms with Gasteiger partial charge in [-0.25, -0.2) is 4.98 Å². The van der Waals surface area contributed by atoms with E-state index >= 15 is 0 Å². The summed E-state index contributed by atoms with van der Waals surface area (Å²) in [6.45, 7) is 5.10. The van der Waals surface area contributed by atoms with E-state index in [-0.39, 0.29) is 17.7 Å². The highest BCUT2D eigenvalue weighted by molar-refractivity contribution is 7.22. The standard InChI is InChI=1S/C22H23N3O5S/c1-3-29-15-9-10-18-20(12-15)31-22(23-18)24(13-16-6-5-11-30-16)21(26)17-7-4-8-19(14(17)2)25(27)28/h4,7-10,12,16H,3,5-6,11,13H2,1-2H3. The molecule has 162 valence electrons. The van der Waals surface area contributed by atoms with Crippen molar-refractivity contribution >= 4 is 38.3 Å². The molecule has 31 heavy (non-hydrogen) atoms. The Kier molecular flexibility index (Phi) is 6.15. The number of carbonyl (C=O) groups is 1. The molecule has 0 saturated carbocycles. The molecule has 8 nitrogen and oxygen atoms in total. The summed E-state index contributed by atoms with van der Waals surface area (Å²) in [5, 5.41) is 11.9. The first kappa shape index (κ1) is 21.2. The van der Waals surface area contributed by atoms with Crippen molar-refractivity contribution < 1.29 is 19.2 Å². The van der Waals surface area contributed by atoms with E-state index in [1.165, 1.54) is 23.5 Å². The van der Waals surface area contributed by atoms with E-state index in [0.29, 0.717) is 36.0 Å². The number of benzene rings is 2. The van der Waals surface area contributed by atoms with E-state index in [2.05, 4.69) is 4.98 Å². The predicted octanol–water partition coefficient (Wildman–Crippen LogP) is 4.74. The van der Waals surface area contributed by atoms with Gasteiger partial charge in [0.05, 0.1) is 34.4 Å². The Morgan fingerprint density at radius 1 is 1.39 bits per heavy atom. The number of aromatic nitrogens is 1. The molecule has 2 aromatic carbocycles. The Labute approximate surface area is 183 Å². The van der Waals surface area contributed by atoms with Crippen LogP contribution in [-0.2, 0) is 4.74 Å². The molecule has 2 heterocycles. The van der Waals surface area contributed by atoms with Gasteiger partial charge in [-0.05, 0) is 51.0 Å². The van der Waals surface area contributed by atoms with Gasteiger partial charge in [0.2, 0.25) is 0 Å². The van der Waals surface area contributed by atoms with Crippen LogP contribution in [0.15, 0.2) is 36.4 Å². The highest BCUT2D eigenvalue weighted by atomic mass is 32.1. The summed E-state index contributed by atoms with van der Waals surface area (Å²) in [5.41, 5.74) is 1.33. The third kappa shape index (κ3) is 4.38. The minimum absolute atomic E-state index is 0.0754. The summed E-state index contributed by atoms with van der Waals surface area (Å²) in [4.78, 5) is 30.7. The molecular weight excluding hydrogens is 418 g/mol. The number of carbonyl (C=O) groups excluding carboxylic acids is 1. The average Bonchev–Trinajstić information content (AvgIpc) is 3.41. The molecular formula is C22H23N3O5S. The SMILES string of the molecule is CCOc1ccc2nc(N(CC3CCCO3)C(=O)c3cccc([N+](=O)[O-])c3C)sc2c1. The minimum atomic E-state index is -0.469. The number of hydrogen-bond donors (Lipinski definition) is 0. The maximum atomic E-state index is 13.6. The van der Waals surface area contributed by atoms with Crippen LogP contribution < -0.4 is 9.64 Å². The summed E-state index contributed by atoms with van der Waals surface area (Å²) in [7, 11) is 0. The Morgan fingerprint density at radius 3 is 2.94 bits per heavy atom. The van der Waals surface area contributed by atoms with Crippen molar-refractivity contribution in [2.24, 2.45) is 0 Å². The maximum absolute atomic E-state index is 13.6. The van der Waals surface area contributed by atoms with E-state index in [1.807, 2.05) is 25.1 Å². The number of nitro groups is 1. The van der Waals surface area contributed by atoms with Crippen molar-refractivity contribution in [3.8, 4) is 5.75 Å². The fourth-order valence-electron chi connectivity index (χ4n) is 3.70. The van der Waals surface area contributed by atoms with E-state index in [0.717, 1.165) is 28.8 Å². The zero-order valence-electron chi connectivity index (χ0n) is 17.4. The van der Waals surface area contributed by atoms with Crippen molar-refractivity contribution in [2.75, 3.05) is 24.7 Å².